The van der Waals surface area contributed by atoms with E-state index >= 15 is 0 Å². The summed E-state index contributed by atoms with van der Waals surface area (Å²) in [4.78, 5) is 35.8. The Balaban J connectivity index is 0.00000154. The fourth-order valence-corrected chi connectivity index (χ4v) is 4.06. The summed E-state index contributed by atoms with van der Waals surface area (Å²) in [6.07, 6.45) is 8.32. The van der Waals surface area contributed by atoms with Crippen molar-refractivity contribution in [1.82, 2.24) is 9.97 Å². The number of nitrogens with zero attached hydrogens (tertiary/aromatic N) is 2. The van der Waals surface area contributed by atoms with Crippen LogP contribution in [-0.2, 0) is 44.3 Å². The van der Waals surface area contributed by atoms with E-state index in [9.17, 15) is 10.2 Å². The standard InChI is InChI=1S/C30H28N2O4.3C2H4O2.Mn/c1-5-7-19-13-23(29(33)27(15-19)35-3)21-9-11-25(31-17-21)26-12-10-22(18-32-26)24-14-20(8-6-2)16-28(36-4)30(24)34;3*1-2(3)4;/h5-6,9-18,33-34H,1-2,7-8H2,3-4H3;3*1H3,(H,3,4);/q;;;;+3/p-3. The molecule has 0 saturated carbocycles. The van der Waals surface area contributed by atoms with Gasteiger partial charge < -0.3 is 49.4 Å². The van der Waals surface area contributed by atoms with E-state index < -0.39 is 17.9 Å². The first-order chi connectivity index (χ1) is 22.7. The number of benzene rings is 2. The minimum Gasteiger partial charge on any atom is -0.550 e. The number of phenols is 2. The number of allylic oxidation sites excluding steroid dienone is 2. The van der Waals surface area contributed by atoms with Crippen molar-refractivity contribution in [3.05, 3.63) is 97.4 Å². The van der Waals surface area contributed by atoms with Crippen LogP contribution in [0.1, 0.15) is 31.9 Å². The summed E-state index contributed by atoms with van der Waals surface area (Å²) in [5.74, 6) is -2.31. The summed E-state index contributed by atoms with van der Waals surface area (Å²) >= 11 is 0. The van der Waals surface area contributed by atoms with Crippen LogP contribution in [0.5, 0.6) is 23.0 Å². The normalized spacial score (nSPS) is 9.33. The average molecular weight is 713 g/mol. The van der Waals surface area contributed by atoms with Crippen LogP contribution in [-0.4, -0.2) is 52.3 Å². The molecule has 49 heavy (non-hydrogen) atoms. The van der Waals surface area contributed by atoms with E-state index in [2.05, 4.69) is 23.1 Å². The third kappa shape index (κ3) is 14.8. The first-order valence-corrected chi connectivity index (χ1v) is 14.2. The van der Waals surface area contributed by atoms with E-state index in [1.807, 2.05) is 36.4 Å². The number of carbonyl (C=O) groups is 3. The number of pyridine rings is 2. The van der Waals surface area contributed by atoms with Crippen LogP contribution in [0.2, 0.25) is 0 Å². The first kappa shape index (κ1) is 43.3. The summed E-state index contributed by atoms with van der Waals surface area (Å²) in [6.45, 7) is 10.5. The number of carboxylic acid groups (broad SMARTS) is 3. The van der Waals surface area contributed by atoms with Gasteiger partial charge in [0.2, 0.25) is 0 Å². The van der Waals surface area contributed by atoms with Crippen LogP contribution in [0.3, 0.4) is 0 Å². The predicted octanol–water partition coefficient (Wildman–Crippen LogP) is 2.63. The van der Waals surface area contributed by atoms with Crippen molar-refractivity contribution in [3.8, 4) is 56.6 Å². The van der Waals surface area contributed by atoms with Gasteiger partial charge in [-0.05, 0) is 81.1 Å². The number of carboxylic acids is 3. The molecule has 0 amide bonds. The Kier molecular flexibility index (Phi) is 19.5. The largest absolute Gasteiger partial charge is 3.00 e. The number of phenolic OH excluding ortho intramolecular Hbond substituents is 2. The zero-order chi connectivity index (χ0) is 36.4. The van der Waals surface area contributed by atoms with E-state index in [1.54, 1.807) is 36.7 Å². The fourth-order valence-electron chi connectivity index (χ4n) is 4.06. The summed E-state index contributed by atoms with van der Waals surface area (Å²) in [5, 5.41) is 48.0. The summed E-state index contributed by atoms with van der Waals surface area (Å²) in [5.41, 5.74) is 6.11. The van der Waals surface area contributed by atoms with Gasteiger partial charge in [0.1, 0.15) is 0 Å². The van der Waals surface area contributed by atoms with Crippen LogP contribution >= 0.6 is 0 Å². The smallest absolute Gasteiger partial charge is 0.550 e. The second kappa shape index (κ2) is 22.0. The Morgan fingerprint density at radius 3 is 1.20 bits per heavy atom. The number of rotatable bonds is 9. The van der Waals surface area contributed by atoms with Gasteiger partial charge in [0.25, 0.3) is 0 Å². The number of methoxy groups -OCH3 is 2. The van der Waals surface area contributed by atoms with Crippen LogP contribution in [0.4, 0.5) is 0 Å². The number of aromatic nitrogens is 2. The van der Waals surface area contributed by atoms with Crippen molar-refractivity contribution >= 4 is 17.9 Å². The molecule has 2 aromatic carbocycles. The SMILES string of the molecule is C=CCc1cc(OC)c(O)c(-c2ccc(-c3ccc(-c4cc(CC=C)cc(OC)c4O)cn3)nc2)c1.CC(=O)[O-].CC(=O)[O-].CC(=O)[O-].[Mn+3]. The van der Waals surface area contributed by atoms with E-state index in [0.717, 1.165) is 43.0 Å². The average Bonchev–Trinajstić information content (AvgIpc) is 3.02. The zero-order valence-electron chi connectivity index (χ0n) is 27.7. The van der Waals surface area contributed by atoms with Crippen molar-refractivity contribution in [2.45, 2.75) is 33.6 Å². The summed E-state index contributed by atoms with van der Waals surface area (Å²) < 4.78 is 10.7. The molecule has 0 spiro atoms. The Morgan fingerprint density at radius 1 is 0.673 bits per heavy atom. The molecule has 12 nitrogen and oxygen atoms in total. The maximum Gasteiger partial charge on any atom is 3.00 e. The molecule has 2 aromatic heterocycles. The first-order valence-electron chi connectivity index (χ1n) is 14.2. The molecule has 0 aliphatic heterocycles. The molecule has 0 fully saturated rings. The molecule has 0 radical (unpaired) electrons. The molecule has 0 unspecified atom stereocenters. The van der Waals surface area contributed by atoms with Crippen LogP contribution < -0.4 is 24.8 Å². The van der Waals surface area contributed by atoms with E-state index in [0.29, 0.717) is 46.9 Å². The van der Waals surface area contributed by atoms with Crippen molar-refractivity contribution in [2.75, 3.05) is 14.2 Å². The Morgan fingerprint density at radius 2 is 0.980 bits per heavy atom. The number of hydrogen-bond acceptors (Lipinski definition) is 12. The van der Waals surface area contributed by atoms with Crippen molar-refractivity contribution < 1.29 is 66.5 Å². The molecule has 2 heterocycles. The van der Waals surface area contributed by atoms with Crippen LogP contribution in [0.25, 0.3) is 33.6 Å². The molecule has 13 heteroatoms. The molecule has 0 atom stereocenters. The monoisotopic (exact) mass is 712 g/mol. The van der Waals surface area contributed by atoms with Gasteiger partial charge >= 0.3 is 17.1 Å². The molecule has 258 valence electrons. The third-order valence-electron chi connectivity index (χ3n) is 5.88. The number of hydrogen-bond donors (Lipinski definition) is 2. The van der Waals surface area contributed by atoms with Gasteiger partial charge in [-0.3, -0.25) is 9.97 Å². The summed E-state index contributed by atoms with van der Waals surface area (Å²) in [6, 6.07) is 14.9. The van der Waals surface area contributed by atoms with E-state index in [1.165, 1.54) is 14.2 Å². The van der Waals surface area contributed by atoms with Crippen LogP contribution in [0.15, 0.2) is 86.2 Å². The maximum absolute atomic E-state index is 10.6. The minimum absolute atomic E-state index is 0. The van der Waals surface area contributed by atoms with Gasteiger partial charge in [0.15, 0.2) is 23.0 Å². The zero-order valence-corrected chi connectivity index (χ0v) is 28.9. The Labute approximate surface area is 295 Å². The van der Waals surface area contributed by atoms with Crippen molar-refractivity contribution in [2.24, 2.45) is 0 Å². The van der Waals surface area contributed by atoms with Gasteiger partial charge in [0.05, 0.1) is 25.6 Å². The molecule has 0 aliphatic rings. The molecular weight excluding hydrogens is 675 g/mol. The number of aliphatic carboxylic acids is 3. The quantitative estimate of drug-likeness (QED) is 0.190. The van der Waals surface area contributed by atoms with Crippen molar-refractivity contribution in [3.63, 3.8) is 0 Å². The predicted molar refractivity (Wildman–Crippen MR) is 175 cm³/mol. The molecule has 2 N–H and O–H groups in total. The van der Waals surface area contributed by atoms with Crippen molar-refractivity contribution in [1.29, 1.82) is 0 Å². The van der Waals surface area contributed by atoms with E-state index in [4.69, 9.17) is 39.2 Å². The van der Waals surface area contributed by atoms with E-state index in [-0.39, 0.29) is 28.6 Å². The number of aromatic hydroxyl groups is 2. The summed E-state index contributed by atoms with van der Waals surface area (Å²) in [7, 11) is 3.05. The number of carbonyl (C=O) groups excluding carboxylic acids is 3. The Hall–Kier alpha value is -5.65. The maximum atomic E-state index is 10.6. The van der Waals surface area contributed by atoms with Crippen LogP contribution in [0, 0.1) is 0 Å². The molecule has 0 aliphatic carbocycles. The van der Waals surface area contributed by atoms with Gasteiger partial charge in [-0.15, -0.1) is 13.2 Å². The minimum atomic E-state index is -1.08. The fraction of sp³-hybridized carbons (Fsp3) is 0.194. The molecule has 0 bridgehead atoms. The third-order valence-corrected chi connectivity index (χ3v) is 5.88. The van der Waals surface area contributed by atoms with Gasteiger partial charge in [-0.25, -0.2) is 0 Å². The molecule has 4 rings (SSSR count). The molecule has 0 saturated heterocycles. The Bertz CT molecular complexity index is 1560. The molecular formula is C36H37MnN2O10. The van der Waals surface area contributed by atoms with Gasteiger partial charge in [-0.2, -0.15) is 0 Å². The second-order valence-corrected chi connectivity index (χ2v) is 9.71. The van der Waals surface area contributed by atoms with Gasteiger partial charge in [0, 0.05) is 52.6 Å². The topological polar surface area (TPSA) is 205 Å². The second-order valence-electron chi connectivity index (χ2n) is 9.71. The van der Waals surface area contributed by atoms with Gasteiger partial charge in [-0.1, -0.05) is 24.3 Å². The molecule has 4 aromatic rings. The number of ether oxygens (including phenoxy) is 2.